The van der Waals surface area contributed by atoms with E-state index in [2.05, 4.69) is 10.1 Å². The molecule has 16 heteroatoms. The van der Waals surface area contributed by atoms with Gasteiger partial charge in [-0.15, -0.1) is 17.5 Å². The number of esters is 1. The largest absolute Gasteiger partial charge is 0.495 e. The average molecular weight is 798 g/mol. The van der Waals surface area contributed by atoms with Gasteiger partial charge in [0.2, 0.25) is 6.29 Å². The van der Waals surface area contributed by atoms with Crippen LogP contribution in [0.4, 0.5) is 20.8 Å². The summed E-state index contributed by atoms with van der Waals surface area (Å²) < 4.78 is 55.9. The minimum atomic E-state index is -3.63. The van der Waals surface area contributed by atoms with Crippen molar-refractivity contribution >= 4 is 57.8 Å². The minimum Gasteiger partial charge on any atom is -0.495 e. The van der Waals surface area contributed by atoms with E-state index >= 15 is 0 Å². The number of aromatic nitrogens is 3. The number of ketones is 1. The third kappa shape index (κ3) is 10.1. The van der Waals surface area contributed by atoms with E-state index in [1.165, 1.54) is 44.4 Å². The van der Waals surface area contributed by atoms with Gasteiger partial charge in [-0.05, 0) is 52.9 Å². The van der Waals surface area contributed by atoms with Gasteiger partial charge in [-0.25, -0.2) is 27.2 Å². The zero-order valence-electron chi connectivity index (χ0n) is 31.3. The highest BCUT2D eigenvalue weighted by Gasteiger charge is 2.32. The molecule has 0 fully saturated rings. The number of nitrogens with zero attached hydrogens (tertiary/aromatic N) is 4. The number of carbonyl (C=O) groups excluding carboxylic acids is 3. The molecule has 1 aliphatic rings. The molecule has 13 nitrogen and oxygen atoms in total. The van der Waals surface area contributed by atoms with Gasteiger partial charge in [-0.3, -0.25) is 9.59 Å². The van der Waals surface area contributed by atoms with E-state index in [-0.39, 0.29) is 70.5 Å². The molecule has 55 heavy (non-hydrogen) atoms. The van der Waals surface area contributed by atoms with Crippen molar-refractivity contribution in [1.82, 2.24) is 14.8 Å². The molecule has 1 aliphatic heterocycles. The fraction of sp³-hybridized carbons (Fsp3) is 0.359. The van der Waals surface area contributed by atoms with Crippen LogP contribution in [0.1, 0.15) is 68.5 Å². The Hall–Kier alpha value is -5.12. The number of ether oxygens (including phenoxy) is 3. The molecular weight excluding hydrogens is 753 g/mol. The fourth-order valence-corrected chi connectivity index (χ4v) is 6.48. The Labute approximate surface area is 326 Å². The van der Waals surface area contributed by atoms with Crippen LogP contribution in [0.3, 0.4) is 0 Å². The lowest BCUT2D eigenvalue weighted by Crippen LogP contribution is -2.41. The number of nitrogens with two attached hydrogens (primary N) is 1. The second-order valence-electron chi connectivity index (χ2n) is 13.3. The highest BCUT2D eigenvalue weighted by atomic mass is 35.5. The van der Waals surface area contributed by atoms with Crippen molar-refractivity contribution in [2.45, 2.75) is 76.1 Å². The highest BCUT2D eigenvalue weighted by Crippen LogP contribution is 2.36. The van der Waals surface area contributed by atoms with Crippen LogP contribution in [0.2, 0.25) is 0 Å². The summed E-state index contributed by atoms with van der Waals surface area (Å²) in [5.41, 5.74) is 8.63. The number of fused-ring (bicyclic) bond motifs is 1. The number of sulfone groups is 1. The summed E-state index contributed by atoms with van der Waals surface area (Å²) in [6.45, 7) is 7.22. The fourth-order valence-electron chi connectivity index (χ4n) is 5.84. The number of hydrogen-bond acceptors (Lipinski definition) is 11. The molecule has 2 unspecified atom stereocenters. The molecule has 0 aliphatic carbocycles. The quantitative estimate of drug-likeness (QED) is 0.109. The number of carbonyl (C=O) groups is 3. The van der Waals surface area contributed by atoms with E-state index in [0.29, 0.717) is 18.8 Å². The van der Waals surface area contributed by atoms with Crippen LogP contribution in [-0.4, -0.2) is 66.7 Å². The molecule has 1 amide bonds. The second-order valence-corrected chi connectivity index (χ2v) is 15.3. The van der Waals surface area contributed by atoms with Gasteiger partial charge in [0.15, 0.2) is 15.7 Å². The van der Waals surface area contributed by atoms with Gasteiger partial charge in [0, 0.05) is 37.5 Å². The lowest BCUT2D eigenvalue weighted by Gasteiger charge is -2.24. The molecule has 5 atom stereocenters. The van der Waals surface area contributed by atoms with Crippen molar-refractivity contribution in [2.24, 2.45) is 11.7 Å². The third-order valence-electron chi connectivity index (χ3n) is 9.46. The standard InChI is InChI=1S/C39H44FN5O8S.ClH/c1-7-23(2)36(41)37(47)52-25(4)53-39(48)45(32-18-17-31(54(6,49)50)21-34(32)51-5)38-42-35-19-14-29(22-44(35)43-38)28-10-8-26(9-11-28)20-33(46)24(3)27-12-15-30(40)16-13-27;/h8-19,21,23-25,29,36H,7,20,22,41H2,1-6H3;1H/t23-,24+,25?,29?,36-;/m0./s1. The average Bonchev–Trinajstić information content (AvgIpc) is 3.56. The Morgan fingerprint density at radius 2 is 1.69 bits per heavy atom. The molecular formula is C39H45ClFN5O8S. The Morgan fingerprint density at radius 1 is 1.02 bits per heavy atom. The number of benzene rings is 3. The summed E-state index contributed by atoms with van der Waals surface area (Å²) in [6.07, 6.45) is 3.25. The van der Waals surface area contributed by atoms with Gasteiger partial charge in [-0.2, -0.15) is 4.98 Å². The molecule has 0 radical (unpaired) electrons. The van der Waals surface area contributed by atoms with Crippen molar-refractivity contribution < 1.29 is 41.4 Å². The number of amides is 1. The summed E-state index contributed by atoms with van der Waals surface area (Å²) >= 11 is 0. The summed E-state index contributed by atoms with van der Waals surface area (Å²) in [6, 6.07) is 16.6. The molecule has 5 rings (SSSR count). The van der Waals surface area contributed by atoms with Crippen molar-refractivity contribution in [2.75, 3.05) is 18.3 Å². The van der Waals surface area contributed by atoms with Crippen LogP contribution in [0.5, 0.6) is 5.75 Å². The predicted octanol–water partition coefficient (Wildman–Crippen LogP) is 6.51. The number of Topliss-reactive ketones (excluding diaryl/α,β-unsaturated/α-hetero) is 1. The lowest BCUT2D eigenvalue weighted by molar-refractivity contribution is -0.167. The molecule has 3 aromatic carbocycles. The smallest absolute Gasteiger partial charge is 0.424 e. The monoisotopic (exact) mass is 797 g/mol. The molecule has 1 aromatic heterocycles. The maximum absolute atomic E-state index is 13.9. The zero-order valence-corrected chi connectivity index (χ0v) is 33.0. The highest BCUT2D eigenvalue weighted by molar-refractivity contribution is 7.90. The third-order valence-corrected chi connectivity index (χ3v) is 10.6. The first-order valence-corrected chi connectivity index (χ1v) is 19.3. The maximum Gasteiger partial charge on any atom is 0.424 e. The van der Waals surface area contributed by atoms with Crippen LogP contribution < -0.4 is 15.4 Å². The van der Waals surface area contributed by atoms with Gasteiger partial charge < -0.3 is 19.9 Å². The van der Waals surface area contributed by atoms with E-state index in [1.807, 2.05) is 44.2 Å². The molecule has 4 aromatic rings. The van der Waals surface area contributed by atoms with Crippen molar-refractivity contribution in [3.05, 3.63) is 101 Å². The minimum absolute atomic E-state index is 0. The zero-order chi connectivity index (χ0) is 39.3. The van der Waals surface area contributed by atoms with Crippen LogP contribution in [-0.2, 0) is 41.9 Å². The van der Waals surface area contributed by atoms with Crippen molar-refractivity contribution in [1.29, 1.82) is 0 Å². The Bertz CT molecular complexity index is 2140. The van der Waals surface area contributed by atoms with E-state index in [0.717, 1.165) is 27.8 Å². The van der Waals surface area contributed by atoms with E-state index in [9.17, 15) is 27.2 Å². The van der Waals surface area contributed by atoms with Gasteiger partial charge in [0.05, 0.1) is 24.2 Å². The van der Waals surface area contributed by atoms with Crippen LogP contribution in [0, 0.1) is 11.7 Å². The molecule has 2 N–H and O–H groups in total. The van der Waals surface area contributed by atoms with Crippen molar-refractivity contribution in [3.8, 4) is 5.75 Å². The van der Waals surface area contributed by atoms with Crippen LogP contribution >= 0.6 is 12.4 Å². The molecule has 0 spiro atoms. The Kier molecular flexibility index (Phi) is 14.0. The first-order chi connectivity index (χ1) is 25.6. The van der Waals surface area contributed by atoms with Gasteiger partial charge in [0.25, 0.3) is 5.95 Å². The number of anilines is 2. The van der Waals surface area contributed by atoms with E-state index in [1.54, 1.807) is 29.8 Å². The van der Waals surface area contributed by atoms with Gasteiger partial charge in [0.1, 0.15) is 23.4 Å². The lowest BCUT2D eigenvalue weighted by atomic mass is 9.91. The summed E-state index contributed by atoms with van der Waals surface area (Å²) in [4.78, 5) is 45.0. The summed E-state index contributed by atoms with van der Waals surface area (Å²) in [5.74, 6) is -1.42. The Morgan fingerprint density at radius 3 is 2.31 bits per heavy atom. The number of halogens is 2. The molecule has 294 valence electrons. The van der Waals surface area contributed by atoms with Crippen molar-refractivity contribution in [3.63, 3.8) is 0 Å². The van der Waals surface area contributed by atoms with E-state index < -0.39 is 34.2 Å². The number of rotatable bonds is 14. The van der Waals surface area contributed by atoms with E-state index in [4.69, 9.17) is 19.9 Å². The first-order valence-electron chi connectivity index (χ1n) is 17.4. The first kappa shape index (κ1) is 42.6. The normalized spacial score (nSPS) is 15.7. The SMILES string of the molecule is CC[C@H](C)[C@H](N)C(=O)OC(C)OC(=O)N(c1nc2n(n1)CC(c1ccc(CC(=O)[C@H](C)c3ccc(F)cc3)cc1)C=C2)c1ccc(S(C)(=O)=O)cc1OC.Cl. The Balaban J connectivity index is 0.00000673. The second kappa shape index (κ2) is 18.0. The van der Waals surface area contributed by atoms with Gasteiger partial charge in [-0.1, -0.05) is 69.7 Å². The maximum atomic E-state index is 13.9. The van der Waals surface area contributed by atoms with Crippen LogP contribution in [0.25, 0.3) is 6.08 Å². The summed E-state index contributed by atoms with van der Waals surface area (Å²) in [7, 11) is -2.31. The molecule has 0 saturated heterocycles. The molecule has 0 bridgehead atoms. The number of methoxy groups -OCH3 is 1. The molecule has 2 heterocycles. The molecule has 0 saturated carbocycles. The summed E-state index contributed by atoms with van der Waals surface area (Å²) in [5, 5.41) is 4.62. The topological polar surface area (TPSA) is 173 Å². The number of allylic oxidation sites excluding steroid dienone is 1. The van der Waals surface area contributed by atoms with Gasteiger partial charge >= 0.3 is 12.1 Å². The predicted molar refractivity (Wildman–Crippen MR) is 207 cm³/mol. The number of hydrogen-bond donors (Lipinski definition) is 1. The van der Waals surface area contributed by atoms with Crippen LogP contribution in [0.15, 0.2) is 77.7 Å².